The van der Waals surface area contributed by atoms with E-state index in [1.54, 1.807) is 18.7 Å². The van der Waals surface area contributed by atoms with Crippen molar-refractivity contribution in [3.8, 4) is 0 Å². The van der Waals surface area contributed by atoms with Gasteiger partial charge in [-0.1, -0.05) is 0 Å². The number of aromatic nitrogens is 4. The Kier molecular flexibility index (Phi) is 4.05. The number of fused-ring (bicyclic) bond motifs is 2. The molecule has 138 valence electrons. The highest BCUT2D eigenvalue weighted by Crippen LogP contribution is 2.22. The number of benzene rings is 2. The van der Waals surface area contributed by atoms with Crippen molar-refractivity contribution in [2.45, 2.75) is 0 Å². The fourth-order valence-corrected chi connectivity index (χ4v) is 3.62. The first-order valence-corrected chi connectivity index (χ1v) is 9.23. The second-order valence-electron chi connectivity index (χ2n) is 6.80. The predicted molar refractivity (Wildman–Crippen MR) is 107 cm³/mol. The van der Waals surface area contributed by atoms with Crippen molar-refractivity contribution >= 4 is 33.5 Å². The number of nitrogens with zero attached hydrogens (tertiary/aromatic N) is 6. The van der Waals surface area contributed by atoms with Crippen LogP contribution in [0.2, 0.25) is 0 Å². The quantitative estimate of drug-likeness (QED) is 0.540. The van der Waals surface area contributed by atoms with E-state index < -0.39 is 0 Å². The summed E-state index contributed by atoms with van der Waals surface area (Å²) in [5, 5.41) is 1.02. The normalized spacial score (nSPS) is 14.6. The molecule has 1 aliphatic heterocycles. The van der Waals surface area contributed by atoms with Crippen molar-refractivity contribution in [2.75, 3.05) is 31.1 Å². The van der Waals surface area contributed by atoms with Crippen LogP contribution < -0.4 is 4.90 Å². The van der Waals surface area contributed by atoms with Gasteiger partial charge in [-0.25, -0.2) is 9.97 Å². The van der Waals surface area contributed by atoms with Gasteiger partial charge in [0.05, 0.1) is 16.6 Å². The molecule has 0 aliphatic carbocycles. The van der Waals surface area contributed by atoms with Crippen LogP contribution in [0.25, 0.3) is 21.9 Å². The van der Waals surface area contributed by atoms with Crippen LogP contribution in [-0.4, -0.2) is 56.9 Å². The Balaban J connectivity index is 1.30. The number of carbonyl (C=O) groups is 1. The summed E-state index contributed by atoms with van der Waals surface area (Å²) < 4.78 is 0. The van der Waals surface area contributed by atoms with Gasteiger partial charge in [0, 0.05) is 61.4 Å². The zero-order valence-corrected chi connectivity index (χ0v) is 15.2. The van der Waals surface area contributed by atoms with Gasteiger partial charge >= 0.3 is 0 Å². The van der Waals surface area contributed by atoms with E-state index in [1.807, 2.05) is 35.4 Å². The van der Waals surface area contributed by atoms with Gasteiger partial charge < -0.3 is 9.80 Å². The summed E-state index contributed by atoms with van der Waals surface area (Å²) in [6, 6.07) is 11.7. The van der Waals surface area contributed by atoms with Crippen molar-refractivity contribution in [3.63, 3.8) is 0 Å². The number of amides is 1. The second-order valence-corrected chi connectivity index (χ2v) is 6.80. The molecule has 28 heavy (non-hydrogen) atoms. The standard InChI is InChI=1S/C21H18N6O/c28-21(15-1-3-19-20(12-15)24-6-5-23-19)27-9-7-26(8-10-27)17-2-4-18-16(11-17)13-22-14-25-18/h1-6,11-14H,7-10H2. The lowest BCUT2D eigenvalue weighted by Gasteiger charge is -2.36. The zero-order valence-electron chi connectivity index (χ0n) is 15.2. The Bertz CT molecular complexity index is 1170. The lowest BCUT2D eigenvalue weighted by molar-refractivity contribution is 0.0747. The SMILES string of the molecule is O=C(c1ccc2nccnc2c1)N1CCN(c2ccc3ncncc3c2)CC1. The fraction of sp³-hybridized carbons (Fsp3) is 0.190. The number of hydrogen-bond acceptors (Lipinski definition) is 6. The molecule has 0 bridgehead atoms. The van der Waals surface area contributed by atoms with Crippen LogP contribution in [0.1, 0.15) is 10.4 Å². The lowest BCUT2D eigenvalue weighted by Crippen LogP contribution is -2.48. The smallest absolute Gasteiger partial charge is 0.254 e. The van der Waals surface area contributed by atoms with Crippen LogP contribution in [-0.2, 0) is 0 Å². The Morgan fingerprint density at radius 1 is 0.821 bits per heavy atom. The van der Waals surface area contributed by atoms with Gasteiger partial charge in [0.15, 0.2) is 0 Å². The summed E-state index contributed by atoms with van der Waals surface area (Å²) >= 11 is 0. The largest absolute Gasteiger partial charge is 0.368 e. The molecule has 0 saturated carbocycles. The van der Waals surface area contributed by atoms with Gasteiger partial charge in [-0.3, -0.25) is 14.8 Å². The molecular weight excluding hydrogens is 352 g/mol. The Morgan fingerprint density at radius 3 is 2.46 bits per heavy atom. The summed E-state index contributed by atoms with van der Waals surface area (Å²) in [5.74, 6) is 0.0408. The first-order valence-electron chi connectivity index (χ1n) is 9.23. The van der Waals surface area contributed by atoms with E-state index in [-0.39, 0.29) is 5.91 Å². The zero-order chi connectivity index (χ0) is 18.9. The molecule has 1 aliphatic rings. The molecule has 0 radical (unpaired) electrons. The van der Waals surface area contributed by atoms with Crippen molar-refractivity contribution < 1.29 is 4.79 Å². The van der Waals surface area contributed by atoms with E-state index in [1.165, 1.54) is 0 Å². The van der Waals surface area contributed by atoms with Gasteiger partial charge in [-0.15, -0.1) is 0 Å². The highest BCUT2D eigenvalue weighted by Gasteiger charge is 2.22. The molecule has 7 nitrogen and oxygen atoms in total. The number of carbonyl (C=O) groups excluding carboxylic acids is 1. The van der Waals surface area contributed by atoms with Crippen LogP contribution in [0.3, 0.4) is 0 Å². The third-order valence-corrected chi connectivity index (χ3v) is 5.14. The average Bonchev–Trinajstić information content (AvgIpc) is 2.78. The monoisotopic (exact) mass is 370 g/mol. The minimum absolute atomic E-state index is 0.0408. The Hall–Kier alpha value is -3.61. The molecule has 0 atom stereocenters. The van der Waals surface area contributed by atoms with Gasteiger partial charge in [0.2, 0.25) is 0 Å². The molecule has 1 saturated heterocycles. The summed E-state index contributed by atoms with van der Waals surface area (Å²) in [6.45, 7) is 2.94. The Labute approximate surface area is 161 Å². The maximum atomic E-state index is 12.9. The molecule has 2 aromatic heterocycles. The molecule has 0 N–H and O–H groups in total. The van der Waals surface area contributed by atoms with Gasteiger partial charge in [0.1, 0.15) is 6.33 Å². The molecule has 1 amide bonds. The molecule has 1 fully saturated rings. The first-order chi connectivity index (χ1) is 13.8. The Morgan fingerprint density at radius 2 is 1.61 bits per heavy atom. The van der Waals surface area contributed by atoms with E-state index in [9.17, 15) is 4.79 Å². The molecular formula is C21H18N6O. The molecule has 0 spiro atoms. The number of hydrogen-bond donors (Lipinski definition) is 0. The van der Waals surface area contributed by atoms with E-state index >= 15 is 0 Å². The third-order valence-electron chi connectivity index (χ3n) is 5.14. The van der Waals surface area contributed by atoms with Crippen LogP contribution >= 0.6 is 0 Å². The van der Waals surface area contributed by atoms with Crippen molar-refractivity contribution in [3.05, 3.63) is 66.9 Å². The summed E-state index contributed by atoms with van der Waals surface area (Å²) in [5.41, 5.74) is 4.26. The first kappa shape index (κ1) is 16.6. The van der Waals surface area contributed by atoms with Crippen LogP contribution in [0.4, 0.5) is 5.69 Å². The average molecular weight is 370 g/mol. The van der Waals surface area contributed by atoms with E-state index in [0.717, 1.165) is 40.7 Å². The topological polar surface area (TPSA) is 75.1 Å². The van der Waals surface area contributed by atoms with E-state index in [0.29, 0.717) is 18.7 Å². The maximum Gasteiger partial charge on any atom is 0.254 e. The van der Waals surface area contributed by atoms with Crippen molar-refractivity contribution in [1.29, 1.82) is 0 Å². The van der Waals surface area contributed by atoms with E-state index in [2.05, 4.69) is 37.0 Å². The van der Waals surface area contributed by atoms with Crippen LogP contribution in [0.15, 0.2) is 61.3 Å². The molecule has 2 aromatic carbocycles. The summed E-state index contributed by atoms with van der Waals surface area (Å²) in [4.78, 5) is 34.0. The fourth-order valence-electron chi connectivity index (χ4n) is 3.62. The summed E-state index contributed by atoms with van der Waals surface area (Å²) in [6.07, 6.45) is 6.69. The van der Waals surface area contributed by atoms with Gasteiger partial charge in [-0.2, -0.15) is 0 Å². The molecule has 7 heteroatoms. The van der Waals surface area contributed by atoms with Crippen molar-refractivity contribution in [2.24, 2.45) is 0 Å². The number of anilines is 1. The van der Waals surface area contributed by atoms with Crippen molar-refractivity contribution in [1.82, 2.24) is 24.8 Å². The van der Waals surface area contributed by atoms with Crippen LogP contribution in [0.5, 0.6) is 0 Å². The predicted octanol–water partition coefficient (Wildman–Crippen LogP) is 2.54. The minimum Gasteiger partial charge on any atom is -0.368 e. The third kappa shape index (κ3) is 3.00. The highest BCUT2D eigenvalue weighted by atomic mass is 16.2. The highest BCUT2D eigenvalue weighted by molar-refractivity contribution is 5.97. The molecule has 3 heterocycles. The van der Waals surface area contributed by atoms with E-state index in [4.69, 9.17) is 0 Å². The lowest BCUT2D eigenvalue weighted by atomic mass is 10.1. The molecule has 4 aromatic rings. The molecule has 0 unspecified atom stereocenters. The minimum atomic E-state index is 0.0408. The second kappa shape index (κ2) is 6.84. The van der Waals surface area contributed by atoms with Gasteiger partial charge in [0.25, 0.3) is 5.91 Å². The number of piperazine rings is 1. The number of rotatable bonds is 2. The maximum absolute atomic E-state index is 12.9. The van der Waals surface area contributed by atoms with Crippen LogP contribution in [0, 0.1) is 0 Å². The van der Waals surface area contributed by atoms with Gasteiger partial charge in [-0.05, 0) is 36.4 Å². The summed E-state index contributed by atoms with van der Waals surface area (Å²) in [7, 11) is 0. The molecule has 5 rings (SSSR count).